The van der Waals surface area contributed by atoms with Crippen LogP contribution in [0.3, 0.4) is 0 Å². The number of unbranched alkanes of at least 4 members (excludes halogenated alkanes) is 7. The molecule has 2 aromatic carbocycles. The first-order valence-electron chi connectivity index (χ1n) is 13.9. The molecule has 0 radical (unpaired) electrons. The Morgan fingerprint density at radius 1 is 1.03 bits per heavy atom. The van der Waals surface area contributed by atoms with E-state index in [9.17, 15) is 15.2 Å². The van der Waals surface area contributed by atoms with Crippen LogP contribution in [-0.2, 0) is 11.2 Å². The second kappa shape index (κ2) is 13.9. The maximum absolute atomic E-state index is 11.9. The Morgan fingerprint density at radius 3 is 2.27 bits per heavy atom. The second-order valence-corrected chi connectivity index (χ2v) is 10.3. The molecule has 0 aliphatic heterocycles. The van der Waals surface area contributed by atoms with Crippen LogP contribution < -0.4 is 10.5 Å². The lowest BCUT2D eigenvalue weighted by Crippen LogP contribution is -2.24. The van der Waals surface area contributed by atoms with Crippen molar-refractivity contribution >= 4 is 17.2 Å². The number of nitrogens with two attached hydrogens (primary N) is 1. The zero-order chi connectivity index (χ0) is 26.8. The number of fused-ring (bicyclic) bond motifs is 1. The van der Waals surface area contributed by atoms with Crippen LogP contribution >= 0.6 is 0 Å². The first kappa shape index (κ1) is 28.3. The van der Waals surface area contributed by atoms with E-state index in [1.807, 2.05) is 42.5 Å². The zero-order valence-electron chi connectivity index (χ0n) is 22.7. The van der Waals surface area contributed by atoms with Crippen molar-refractivity contribution < 1.29 is 14.6 Å². The Hall–Kier alpha value is -3.26. The van der Waals surface area contributed by atoms with Crippen molar-refractivity contribution in [1.82, 2.24) is 0 Å². The lowest BCUT2D eigenvalue weighted by Gasteiger charge is -2.38. The molecule has 198 valence electrons. The minimum atomic E-state index is -1.20. The molecule has 0 saturated heterocycles. The monoisotopic (exact) mass is 502 g/mol. The second-order valence-electron chi connectivity index (χ2n) is 10.3. The van der Waals surface area contributed by atoms with Gasteiger partial charge in [0.05, 0.1) is 6.61 Å². The van der Waals surface area contributed by atoms with Crippen LogP contribution in [-0.4, -0.2) is 17.7 Å². The van der Waals surface area contributed by atoms with E-state index < -0.39 is 5.97 Å². The number of rotatable bonds is 15. The maximum atomic E-state index is 11.9. The third-order valence-corrected chi connectivity index (χ3v) is 7.59. The van der Waals surface area contributed by atoms with Crippen LogP contribution in [0.2, 0.25) is 0 Å². The molecule has 0 heterocycles. The molecule has 0 spiro atoms. The van der Waals surface area contributed by atoms with Gasteiger partial charge in [0.25, 0.3) is 0 Å². The van der Waals surface area contributed by atoms with Crippen molar-refractivity contribution in [3.8, 4) is 11.8 Å². The Bertz CT molecular complexity index is 1130. The maximum Gasteiger partial charge on any atom is 0.346 e. The summed E-state index contributed by atoms with van der Waals surface area (Å²) in [5, 5.41) is 19.4. The van der Waals surface area contributed by atoms with Crippen LogP contribution in [0, 0.1) is 17.2 Å². The third-order valence-electron chi connectivity index (χ3n) is 7.59. The number of hydrogen-bond donors (Lipinski definition) is 2. The normalized spacial score (nSPS) is 16.3. The highest BCUT2D eigenvalue weighted by Gasteiger charge is 2.40. The van der Waals surface area contributed by atoms with E-state index >= 15 is 0 Å². The molecule has 0 aromatic heterocycles. The molecular weight excluding hydrogens is 460 g/mol. The number of carboxylic acids is 1. The topological polar surface area (TPSA) is 96.3 Å². The zero-order valence-corrected chi connectivity index (χ0v) is 22.7. The number of allylic oxidation sites excluding steroid dienone is 1. The molecule has 3 N–H and O–H groups in total. The van der Waals surface area contributed by atoms with Gasteiger partial charge in [-0.2, -0.15) is 5.26 Å². The van der Waals surface area contributed by atoms with Gasteiger partial charge in [-0.15, -0.1) is 0 Å². The van der Waals surface area contributed by atoms with Gasteiger partial charge in [-0.1, -0.05) is 90.3 Å². The smallest absolute Gasteiger partial charge is 0.346 e. The minimum absolute atomic E-state index is 0.202. The molecule has 37 heavy (non-hydrogen) atoms. The van der Waals surface area contributed by atoms with E-state index in [-0.39, 0.29) is 11.5 Å². The number of benzene rings is 2. The summed E-state index contributed by atoms with van der Waals surface area (Å²) in [4.78, 5) is 11.9. The van der Waals surface area contributed by atoms with Crippen molar-refractivity contribution in [3.05, 3.63) is 64.2 Å². The van der Waals surface area contributed by atoms with Crippen LogP contribution in [0.25, 0.3) is 5.57 Å². The van der Waals surface area contributed by atoms with E-state index in [1.165, 1.54) is 44.9 Å². The molecular formula is C32H42N2O3. The number of carbonyl (C=O) groups is 1. The van der Waals surface area contributed by atoms with Gasteiger partial charge in [-0.05, 0) is 64.8 Å². The number of anilines is 1. The van der Waals surface area contributed by atoms with Crippen molar-refractivity contribution in [3.63, 3.8) is 0 Å². The number of nitrogens with zero attached hydrogens (tertiary/aromatic N) is 1. The largest absolute Gasteiger partial charge is 0.494 e. The van der Waals surface area contributed by atoms with E-state index in [4.69, 9.17) is 10.5 Å². The van der Waals surface area contributed by atoms with Gasteiger partial charge in [0.1, 0.15) is 17.4 Å². The summed E-state index contributed by atoms with van der Waals surface area (Å²) in [6, 6.07) is 13.5. The lowest BCUT2D eigenvalue weighted by atomic mass is 9.64. The van der Waals surface area contributed by atoms with Gasteiger partial charge in [-0.3, -0.25) is 0 Å². The molecule has 1 aliphatic rings. The molecule has 2 aromatic rings. The SMILES string of the molecule is CCCCCCCCCCOc1ccc(C2C(=C(C#N)C(=O)O)c3ccc(N)c(CC(C)CC)c32)cc1. The molecule has 3 rings (SSSR count). The average Bonchev–Trinajstić information content (AvgIpc) is 2.88. The number of aliphatic carboxylic acids is 1. The predicted molar refractivity (Wildman–Crippen MR) is 151 cm³/mol. The highest BCUT2D eigenvalue weighted by molar-refractivity contribution is 6.06. The summed E-state index contributed by atoms with van der Waals surface area (Å²) in [6.07, 6.45) is 11.9. The summed E-state index contributed by atoms with van der Waals surface area (Å²) >= 11 is 0. The Morgan fingerprint density at radius 2 is 1.68 bits per heavy atom. The van der Waals surface area contributed by atoms with Gasteiger partial charge >= 0.3 is 5.97 Å². The highest BCUT2D eigenvalue weighted by atomic mass is 16.5. The fraction of sp³-hybridized carbons (Fsp3) is 0.500. The predicted octanol–water partition coefficient (Wildman–Crippen LogP) is 7.88. The van der Waals surface area contributed by atoms with E-state index in [1.54, 1.807) is 0 Å². The standard InChI is InChI=1S/C32H42N2O3/c1-4-6-7-8-9-10-11-12-19-37-24-15-13-23(14-16-24)29-30-25(31(29)27(21-33)32(35)36)17-18-28(34)26(30)20-22(3)5-2/h13-18,22,29H,4-12,19-20,34H2,1-3H3,(H,35,36). The number of nitriles is 1. The van der Waals surface area contributed by atoms with Crippen LogP contribution in [0.1, 0.15) is 107 Å². The summed E-state index contributed by atoms with van der Waals surface area (Å²) in [5.41, 5.74) is 11.4. The first-order chi connectivity index (χ1) is 17.9. The van der Waals surface area contributed by atoms with E-state index in [0.29, 0.717) is 18.1 Å². The quantitative estimate of drug-likeness (QED) is 0.112. The fourth-order valence-corrected chi connectivity index (χ4v) is 5.21. The third kappa shape index (κ3) is 6.95. The molecule has 5 nitrogen and oxygen atoms in total. The summed E-state index contributed by atoms with van der Waals surface area (Å²) in [6.45, 7) is 7.29. The van der Waals surface area contributed by atoms with Crippen molar-refractivity contribution in [2.75, 3.05) is 12.3 Å². The summed E-state index contributed by atoms with van der Waals surface area (Å²) in [7, 11) is 0. The lowest BCUT2D eigenvalue weighted by molar-refractivity contribution is -0.132. The van der Waals surface area contributed by atoms with Gasteiger partial charge < -0.3 is 15.6 Å². The Labute approximate surface area is 222 Å². The van der Waals surface area contributed by atoms with Gasteiger partial charge in [0.2, 0.25) is 0 Å². The molecule has 0 fully saturated rings. The number of hydrogen-bond acceptors (Lipinski definition) is 4. The molecule has 0 bridgehead atoms. The van der Waals surface area contributed by atoms with E-state index in [0.717, 1.165) is 53.0 Å². The highest BCUT2D eigenvalue weighted by Crippen LogP contribution is 2.54. The van der Waals surface area contributed by atoms with Crippen LogP contribution in [0.5, 0.6) is 5.75 Å². The van der Waals surface area contributed by atoms with Crippen LogP contribution in [0.4, 0.5) is 5.69 Å². The minimum Gasteiger partial charge on any atom is -0.494 e. The molecule has 2 unspecified atom stereocenters. The molecule has 1 aliphatic carbocycles. The first-order valence-corrected chi connectivity index (χ1v) is 13.9. The summed E-state index contributed by atoms with van der Waals surface area (Å²) < 4.78 is 5.97. The van der Waals surface area contributed by atoms with Crippen molar-refractivity contribution in [2.45, 2.75) is 90.9 Å². The molecule has 0 amide bonds. The number of carboxylic acid groups (broad SMARTS) is 1. The van der Waals surface area contributed by atoms with Crippen molar-refractivity contribution in [2.24, 2.45) is 5.92 Å². The van der Waals surface area contributed by atoms with Gasteiger partial charge in [0, 0.05) is 11.6 Å². The van der Waals surface area contributed by atoms with Gasteiger partial charge in [-0.25, -0.2) is 4.79 Å². The van der Waals surface area contributed by atoms with Crippen LogP contribution in [0.15, 0.2) is 42.0 Å². The molecule has 5 heteroatoms. The fourth-order valence-electron chi connectivity index (χ4n) is 5.21. The molecule has 0 saturated carbocycles. The summed E-state index contributed by atoms with van der Waals surface area (Å²) in [5.74, 6) is -0.226. The van der Waals surface area contributed by atoms with E-state index in [2.05, 4.69) is 20.8 Å². The number of ether oxygens (including phenoxy) is 1. The van der Waals surface area contributed by atoms with Crippen molar-refractivity contribution in [1.29, 1.82) is 5.26 Å². The van der Waals surface area contributed by atoms with Gasteiger partial charge in [0.15, 0.2) is 0 Å². The average molecular weight is 503 g/mol. The molecule has 2 atom stereocenters. The Balaban J connectivity index is 1.75. The number of nitrogen functional groups attached to an aromatic ring is 1. The Kier molecular flexibility index (Phi) is 10.6.